The topological polar surface area (TPSA) is 54.0 Å². The Morgan fingerprint density at radius 3 is 2.07 bits per heavy atom. The summed E-state index contributed by atoms with van der Waals surface area (Å²) in [5.41, 5.74) is -0.134. The minimum Gasteiger partial charge on any atom is -0.497 e. The summed E-state index contributed by atoms with van der Waals surface area (Å²) in [5, 5.41) is 0. The molecule has 6 heteroatoms. The Morgan fingerprint density at radius 1 is 1.07 bits per heavy atom. The number of methoxy groups -OCH3 is 1. The van der Waals surface area contributed by atoms with Crippen molar-refractivity contribution in [3.05, 3.63) is 29.8 Å². The number of rotatable bonds is 7. The third-order valence-corrected chi connectivity index (χ3v) is 5.65. The number of benzene rings is 1. The second-order valence-corrected chi connectivity index (χ2v) is 9.53. The fourth-order valence-corrected chi connectivity index (χ4v) is 3.05. The number of esters is 1. The highest BCUT2D eigenvalue weighted by Gasteiger charge is 2.53. The Balaban J connectivity index is 2.10. The zero-order valence-electron chi connectivity index (χ0n) is 18.6. The van der Waals surface area contributed by atoms with Crippen LogP contribution in [0.3, 0.4) is 0 Å². The number of hydrogen-bond acceptors (Lipinski definition) is 5. The molecule has 1 aliphatic heterocycles. The van der Waals surface area contributed by atoms with Crippen LogP contribution in [0, 0.1) is 5.41 Å². The Bertz CT molecular complexity index is 644. The molecule has 0 aromatic heterocycles. The molecule has 0 amide bonds. The van der Waals surface area contributed by atoms with E-state index in [2.05, 4.69) is 39.8 Å². The summed E-state index contributed by atoms with van der Waals surface area (Å²) in [5.74, 6) is 0.681. The van der Waals surface area contributed by atoms with Crippen LogP contribution >= 0.6 is 0 Å². The number of hydrogen-bond donors (Lipinski definition) is 0. The molecule has 0 spiro atoms. The molecule has 0 bridgehead atoms. The SMILES string of the molecule is COc1ccc([C@@H](CCCOC(=O)C(C)(C)C)B2OC(C)(C)C(C)(C)O2)cc1. The lowest BCUT2D eigenvalue weighted by molar-refractivity contribution is -0.153. The molecule has 1 saturated heterocycles. The van der Waals surface area contributed by atoms with Crippen molar-refractivity contribution < 1.29 is 23.6 Å². The first-order valence-corrected chi connectivity index (χ1v) is 10.0. The highest BCUT2D eigenvalue weighted by Crippen LogP contribution is 2.42. The van der Waals surface area contributed by atoms with Gasteiger partial charge < -0.3 is 18.8 Å². The lowest BCUT2D eigenvalue weighted by atomic mass is 9.65. The van der Waals surface area contributed by atoms with Crippen LogP contribution in [0.15, 0.2) is 24.3 Å². The highest BCUT2D eigenvalue weighted by atomic mass is 16.7. The minimum atomic E-state index is -0.485. The minimum absolute atomic E-state index is 0.0419. The van der Waals surface area contributed by atoms with Gasteiger partial charge in [-0.3, -0.25) is 4.79 Å². The molecule has 1 aromatic carbocycles. The first-order valence-electron chi connectivity index (χ1n) is 10.0. The van der Waals surface area contributed by atoms with Gasteiger partial charge in [0.2, 0.25) is 0 Å². The van der Waals surface area contributed by atoms with Crippen LogP contribution in [-0.4, -0.2) is 38.0 Å². The van der Waals surface area contributed by atoms with Crippen molar-refractivity contribution in [3.8, 4) is 5.75 Å². The summed E-state index contributed by atoms with van der Waals surface area (Å²) in [6, 6.07) is 8.01. The average Bonchev–Trinajstić information content (AvgIpc) is 2.81. The molecule has 2 rings (SSSR count). The van der Waals surface area contributed by atoms with Gasteiger partial charge in [-0.2, -0.15) is 0 Å². The van der Waals surface area contributed by atoms with Crippen LogP contribution < -0.4 is 4.74 Å². The van der Waals surface area contributed by atoms with Crippen molar-refractivity contribution in [2.45, 2.75) is 78.3 Å². The number of carbonyl (C=O) groups excluding carboxylic acids is 1. The van der Waals surface area contributed by atoms with E-state index in [1.165, 1.54) is 0 Å². The van der Waals surface area contributed by atoms with E-state index in [1.54, 1.807) is 7.11 Å². The van der Waals surface area contributed by atoms with Gasteiger partial charge in [-0.1, -0.05) is 12.1 Å². The van der Waals surface area contributed by atoms with E-state index in [0.717, 1.165) is 24.2 Å². The van der Waals surface area contributed by atoms with E-state index >= 15 is 0 Å². The molecule has 28 heavy (non-hydrogen) atoms. The van der Waals surface area contributed by atoms with Gasteiger partial charge in [0.1, 0.15) is 5.75 Å². The van der Waals surface area contributed by atoms with Crippen LogP contribution in [0.5, 0.6) is 5.75 Å². The molecule has 1 aliphatic rings. The second kappa shape index (κ2) is 8.46. The van der Waals surface area contributed by atoms with Gasteiger partial charge in [-0.15, -0.1) is 0 Å². The van der Waals surface area contributed by atoms with E-state index in [-0.39, 0.29) is 30.1 Å². The monoisotopic (exact) mass is 390 g/mol. The number of carbonyl (C=O) groups is 1. The smallest absolute Gasteiger partial charge is 0.465 e. The van der Waals surface area contributed by atoms with Gasteiger partial charge in [0.05, 0.1) is 30.3 Å². The maximum atomic E-state index is 12.0. The van der Waals surface area contributed by atoms with Gasteiger partial charge in [0.25, 0.3) is 0 Å². The summed E-state index contributed by atoms with van der Waals surface area (Å²) < 4.78 is 23.3. The molecule has 0 unspecified atom stereocenters. The molecule has 0 aliphatic carbocycles. The van der Waals surface area contributed by atoms with Crippen molar-refractivity contribution in [3.63, 3.8) is 0 Å². The van der Waals surface area contributed by atoms with Crippen molar-refractivity contribution in [1.82, 2.24) is 0 Å². The molecule has 0 N–H and O–H groups in total. The maximum absolute atomic E-state index is 12.0. The van der Waals surface area contributed by atoms with Crippen LogP contribution in [0.4, 0.5) is 0 Å². The molecule has 0 saturated carbocycles. The molecule has 5 nitrogen and oxygen atoms in total. The largest absolute Gasteiger partial charge is 0.497 e. The Labute approximate surface area is 170 Å². The molecule has 1 aromatic rings. The summed E-state index contributed by atoms with van der Waals surface area (Å²) >= 11 is 0. The molecular formula is C22H35BO5. The summed E-state index contributed by atoms with van der Waals surface area (Å²) in [6.07, 6.45) is 1.53. The van der Waals surface area contributed by atoms with Gasteiger partial charge in [-0.25, -0.2) is 0 Å². The Kier molecular flexibility index (Phi) is 6.88. The molecular weight excluding hydrogens is 355 g/mol. The third kappa shape index (κ3) is 5.29. The van der Waals surface area contributed by atoms with Crippen LogP contribution in [0.25, 0.3) is 0 Å². The van der Waals surface area contributed by atoms with Crippen molar-refractivity contribution in [2.24, 2.45) is 5.41 Å². The summed E-state index contributed by atoms with van der Waals surface area (Å²) in [6.45, 7) is 14.2. The summed E-state index contributed by atoms with van der Waals surface area (Å²) in [4.78, 5) is 12.0. The fraction of sp³-hybridized carbons (Fsp3) is 0.682. The second-order valence-electron chi connectivity index (χ2n) is 9.53. The highest BCUT2D eigenvalue weighted by molar-refractivity contribution is 6.47. The zero-order chi connectivity index (χ0) is 21.2. The van der Waals surface area contributed by atoms with E-state index < -0.39 is 5.41 Å². The van der Waals surface area contributed by atoms with E-state index in [0.29, 0.717) is 6.61 Å². The maximum Gasteiger partial charge on any atom is 0.465 e. The molecule has 156 valence electrons. The Morgan fingerprint density at radius 2 is 1.61 bits per heavy atom. The lowest BCUT2D eigenvalue weighted by Crippen LogP contribution is -2.41. The zero-order valence-corrected chi connectivity index (χ0v) is 18.6. The van der Waals surface area contributed by atoms with Crippen molar-refractivity contribution >= 4 is 13.1 Å². The quantitative estimate of drug-likeness (QED) is 0.381. The van der Waals surface area contributed by atoms with E-state index in [1.807, 2.05) is 32.9 Å². The molecule has 1 fully saturated rings. The van der Waals surface area contributed by atoms with Crippen molar-refractivity contribution in [2.75, 3.05) is 13.7 Å². The van der Waals surface area contributed by atoms with Crippen LogP contribution in [0.1, 0.15) is 72.7 Å². The first kappa shape index (κ1) is 22.8. The van der Waals surface area contributed by atoms with E-state index in [4.69, 9.17) is 18.8 Å². The Hall–Kier alpha value is -1.53. The third-order valence-electron chi connectivity index (χ3n) is 5.65. The molecule has 1 heterocycles. The predicted octanol–water partition coefficient (Wildman–Crippen LogP) is 4.78. The van der Waals surface area contributed by atoms with Crippen LogP contribution in [0.2, 0.25) is 0 Å². The fourth-order valence-electron chi connectivity index (χ4n) is 3.05. The number of ether oxygens (including phenoxy) is 2. The van der Waals surface area contributed by atoms with Gasteiger partial charge >= 0.3 is 13.1 Å². The molecule has 1 atom stereocenters. The van der Waals surface area contributed by atoms with Crippen LogP contribution in [-0.2, 0) is 18.8 Å². The average molecular weight is 390 g/mol. The lowest BCUT2D eigenvalue weighted by Gasteiger charge is -2.32. The predicted molar refractivity (Wildman–Crippen MR) is 111 cm³/mol. The summed E-state index contributed by atoms with van der Waals surface area (Å²) in [7, 11) is 1.31. The van der Waals surface area contributed by atoms with E-state index in [9.17, 15) is 4.79 Å². The van der Waals surface area contributed by atoms with Gasteiger partial charge in [-0.05, 0) is 79.0 Å². The van der Waals surface area contributed by atoms with Crippen molar-refractivity contribution in [1.29, 1.82) is 0 Å². The normalized spacial score (nSPS) is 19.4. The van der Waals surface area contributed by atoms with Gasteiger partial charge in [0, 0.05) is 5.82 Å². The standard InChI is InChI=1S/C22H35BO5/c1-20(2,3)19(24)26-15-9-10-18(16-11-13-17(25-8)14-12-16)23-27-21(4,5)22(6,7)28-23/h11-14,18H,9-10,15H2,1-8H3/t18-/m1/s1. The first-order chi connectivity index (χ1) is 12.9. The van der Waals surface area contributed by atoms with Gasteiger partial charge in [0.15, 0.2) is 0 Å². The molecule has 0 radical (unpaired) electrons.